The van der Waals surface area contributed by atoms with Gasteiger partial charge in [-0.3, -0.25) is 0 Å². The van der Waals surface area contributed by atoms with Crippen molar-refractivity contribution in [3.8, 4) is 5.75 Å². The molecule has 0 amide bonds. The summed E-state index contributed by atoms with van der Waals surface area (Å²) in [6.07, 6.45) is -4.47. The molecule has 0 aliphatic carbocycles. The van der Waals surface area contributed by atoms with Crippen molar-refractivity contribution in [2.24, 2.45) is 0 Å². The third kappa shape index (κ3) is 5.11. The van der Waals surface area contributed by atoms with Gasteiger partial charge in [-0.05, 0) is 12.1 Å². The van der Waals surface area contributed by atoms with E-state index in [0.717, 1.165) is 0 Å². The fourth-order valence-electron chi connectivity index (χ4n) is 1.03. The summed E-state index contributed by atoms with van der Waals surface area (Å²) in [5.74, 6) is -0.172. The van der Waals surface area contributed by atoms with Crippen molar-refractivity contribution >= 4 is 19.7 Å². The molecular formula is C9H8ClF3O4S. The molecule has 0 aromatic heterocycles. The molecule has 0 fully saturated rings. The molecule has 0 radical (unpaired) electrons. The van der Waals surface area contributed by atoms with Crippen LogP contribution in [-0.4, -0.2) is 28.0 Å². The topological polar surface area (TPSA) is 52.6 Å². The fourth-order valence-corrected chi connectivity index (χ4v) is 2.02. The summed E-state index contributed by atoms with van der Waals surface area (Å²) in [6, 6.07) is 5.27. The Labute approximate surface area is 106 Å². The molecule has 1 aromatic rings. The summed E-state index contributed by atoms with van der Waals surface area (Å²) in [5, 5.41) is 0. The Morgan fingerprint density at radius 1 is 1.22 bits per heavy atom. The Morgan fingerprint density at radius 2 is 1.83 bits per heavy atom. The second-order valence-corrected chi connectivity index (χ2v) is 5.64. The van der Waals surface area contributed by atoms with E-state index < -0.39 is 28.6 Å². The van der Waals surface area contributed by atoms with Crippen LogP contribution in [0.1, 0.15) is 0 Å². The first-order valence-electron chi connectivity index (χ1n) is 4.51. The highest BCUT2D eigenvalue weighted by molar-refractivity contribution is 8.13. The predicted octanol–water partition coefficient (Wildman–Crippen LogP) is 2.53. The predicted molar refractivity (Wildman–Crippen MR) is 57.0 cm³/mol. The quantitative estimate of drug-likeness (QED) is 0.476. The van der Waals surface area contributed by atoms with E-state index in [4.69, 9.17) is 15.4 Å². The maximum Gasteiger partial charge on any atom is 0.411 e. The molecule has 0 aliphatic rings. The lowest BCUT2D eigenvalue weighted by atomic mass is 10.3. The summed E-state index contributed by atoms with van der Waals surface area (Å²) in [4.78, 5) is -0.331. The molecular weight excluding hydrogens is 297 g/mol. The number of benzene rings is 1. The van der Waals surface area contributed by atoms with Crippen LogP contribution in [0.3, 0.4) is 0 Å². The summed E-state index contributed by atoms with van der Waals surface area (Å²) in [5.41, 5.74) is 0. The first kappa shape index (κ1) is 15.1. The van der Waals surface area contributed by atoms with Crippen molar-refractivity contribution in [1.29, 1.82) is 0 Å². The van der Waals surface area contributed by atoms with Crippen LogP contribution in [0.4, 0.5) is 13.2 Å². The fraction of sp³-hybridized carbons (Fsp3) is 0.333. The largest absolute Gasteiger partial charge is 0.466 e. The van der Waals surface area contributed by atoms with E-state index in [-0.39, 0.29) is 10.6 Å². The second kappa shape index (κ2) is 5.77. The molecule has 0 heterocycles. The monoisotopic (exact) mass is 304 g/mol. The molecule has 0 aliphatic heterocycles. The minimum Gasteiger partial charge on any atom is -0.466 e. The Bertz CT molecular complexity index is 501. The Kier molecular flexibility index (Phi) is 4.83. The maximum atomic E-state index is 11.8. The molecule has 102 valence electrons. The average molecular weight is 305 g/mol. The Balaban J connectivity index is 2.64. The van der Waals surface area contributed by atoms with Crippen molar-refractivity contribution in [3.05, 3.63) is 24.3 Å². The summed E-state index contributed by atoms with van der Waals surface area (Å²) in [7, 11) is 1.09. The smallest absolute Gasteiger partial charge is 0.411 e. The van der Waals surface area contributed by atoms with Gasteiger partial charge < -0.3 is 9.47 Å². The van der Waals surface area contributed by atoms with Crippen molar-refractivity contribution < 1.29 is 31.1 Å². The molecule has 4 nitrogen and oxygen atoms in total. The van der Waals surface area contributed by atoms with E-state index in [1.807, 2.05) is 0 Å². The standard InChI is InChI=1S/C9H8ClF3O4S/c10-18(14,15)8-4-2-1-3-7(8)17-6-16-5-9(11,12)13/h1-4H,5-6H2. The van der Waals surface area contributed by atoms with Crippen molar-refractivity contribution in [2.45, 2.75) is 11.1 Å². The van der Waals surface area contributed by atoms with Crippen LogP contribution in [0, 0.1) is 0 Å². The average Bonchev–Trinajstić information content (AvgIpc) is 2.22. The van der Waals surface area contributed by atoms with Crippen LogP contribution in [-0.2, 0) is 13.8 Å². The van der Waals surface area contributed by atoms with Crippen molar-refractivity contribution in [3.63, 3.8) is 0 Å². The number of rotatable bonds is 5. The zero-order chi connectivity index (χ0) is 13.8. The van der Waals surface area contributed by atoms with Crippen molar-refractivity contribution in [2.75, 3.05) is 13.4 Å². The van der Waals surface area contributed by atoms with Gasteiger partial charge in [0.1, 0.15) is 17.3 Å². The highest BCUT2D eigenvalue weighted by atomic mass is 35.7. The SMILES string of the molecule is O=S(=O)(Cl)c1ccccc1OCOCC(F)(F)F. The molecule has 1 aromatic carbocycles. The van der Waals surface area contributed by atoms with Crippen LogP contribution >= 0.6 is 10.7 Å². The van der Waals surface area contributed by atoms with Gasteiger partial charge in [-0.1, -0.05) is 12.1 Å². The highest BCUT2D eigenvalue weighted by Gasteiger charge is 2.27. The lowest BCUT2D eigenvalue weighted by Crippen LogP contribution is -2.19. The molecule has 18 heavy (non-hydrogen) atoms. The second-order valence-electron chi connectivity index (χ2n) is 3.11. The molecule has 0 spiro atoms. The zero-order valence-corrected chi connectivity index (χ0v) is 10.3. The molecule has 1 rings (SSSR count). The summed E-state index contributed by atoms with van der Waals surface area (Å²) < 4.78 is 66.4. The lowest BCUT2D eigenvalue weighted by molar-refractivity contribution is -0.187. The number of para-hydroxylation sites is 1. The van der Waals surface area contributed by atoms with Crippen LogP contribution in [0.25, 0.3) is 0 Å². The highest BCUT2D eigenvalue weighted by Crippen LogP contribution is 2.26. The van der Waals surface area contributed by atoms with E-state index >= 15 is 0 Å². The normalized spacial score (nSPS) is 12.4. The van der Waals surface area contributed by atoms with E-state index in [2.05, 4.69) is 4.74 Å². The van der Waals surface area contributed by atoms with Gasteiger partial charge >= 0.3 is 6.18 Å². The molecule has 0 unspecified atom stereocenters. The number of alkyl halides is 3. The van der Waals surface area contributed by atoms with Gasteiger partial charge in [0.2, 0.25) is 0 Å². The van der Waals surface area contributed by atoms with E-state index in [0.29, 0.717) is 0 Å². The zero-order valence-electron chi connectivity index (χ0n) is 8.78. The number of halogens is 4. The van der Waals surface area contributed by atoms with Gasteiger partial charge in [-0.2, -0.15) is 13.2 Å². The van der Waals surface area contributed by atoms with Gasteiger partial charge in [0.15, 0.2) is 6.79 Å². The van der Waals surface area contributed by atoms with Gasteiger partial charge in [0.25, 0.3) is 9.05 Å². The third-order valence-electron chi connectivity index (χ3n) is 1.68. The number of hydrogen-bond acceptors (Lipinski definition) is 4. The van der Waals surface area contributed by atoms with Gasteiger partial charge in [-0.25, -0.2) is 8.42 Å². The Morgan fingerprint density at radius 3 is 2.39 bits per heavy atom. The Hall–Kier alpha value is -0.990. The van der Waals surface area contributed by atoms with Crippen LogP contribution in [0.15, 0.2) is 29.2 Å². The van der Waals surface area contributed by atoms with Crippen LogP contribution in [0.5, 0.6) is 5.75 Å². The minimum absolute atomic E-state index is 0.172. The first-order chi connectivity index (χ1) is 8.20. The third-order valence-corrected chi connectivity index (χ3v) is 3.04. The van der Waals surface area contributed by atoms with Gasteiger partial charge in [0, 0.05) is 10.7 Å². The minimum atomic E-state index is -4.47. The lowest BCUT2D eigenvalue weighted by Gasteiger charge is -2.11. The molecule has 0 atom stereocenters. The van der Waals surface area contributed by atoms with E-state index in [1.165, 1.54) is 24.3 Å². The van der Waals surface area contributed by atoms with Gasteiger partial charge in [0.05, 0.1) is 0 Å². The maximum absolute atomic E-state index is 11.8. The molecule has 0 N–H and O–H groups in total. The number of ether oxygens (including phenoxy) is 2. The van der Waals surface area contributed by atoms with Crippen LogP contribution < -0.4 is 4.74 Å². The summed E-state index contributed by atoms with van der Waals surface area (Å²) in [6.45, 7) is -2.22. The van der Waals surface area contributed by atoms with E-state index in [9.17, 15) is 21.6 Å². The molecule has 0 saturated carbocycles. The molecule has 0 bridgehead atoms. The first-order valence-corrected chi connectivity index (χ1v) is 6.82. The number of hydrogen-bond donors (Lipinski definition) is 0. The molecule has 9 heteroatoms. The van der Waals surface area contributed by atoms with E-state index in [1.54, 1.807) is 0 Å². The van der Waals surface area contributed by atoms with Crippen LogP contribution in [0.2, 0.25) is 0 Å². The summed E-state index contributed by atoms with van der Waals surface area (Å²) >= 11 is 0. The van der Waals surface area contributed by atoms with Gasteiger partial charge in [-0.15, -0.1) is 0 Å². The van der Waals surface area contributed by atoms with Crippen molar-refractivity contribution in [1.82, 2.24) is 0 Å². The molecule has 0 saturated heterocycles.